The van der Waals surface area contributed by atoms with Crippen LogP contribution in [0.4, 0.5) is 0 Å². The number of aromatic nitrogens is 1. The summed E-state index contributed by atoms with van der Waals surface area (Å²) < 4.78 is 6.71. The van der Waals surface area contributed by atoms with Crippen molar-refractivity contribution >= 4 is 39.1 Å². The van der Waals surface area contributed by atoms with Crippen molar-refractivity contribution in [2.45, 2.75) is 19.7 Å². The van der Waals surface area contributed by atoms with E-state index in [4.69, 9.17) is 27.9 Å². The normalized spacial score (nSPS) is 10.6. The van der Waals surface area contributed by atoms with Gasteiger partial charge < -0.3 is 4.74 Å². The third kappa shape index (κ3) is 3.41. The third-order valence-corrected chi connectivity index (χ3v) is 3.74. The van der Waals surface area contributed by atoms with Crippen LogP contribution in [0.15, 0.2) is 28.7 Å². The van der Waals surface area contributed by atoms with Crippen molar-refractivity contribution in [1.29, 1.82) is 0 Å². The highest BCUT2D eigenvalue weighted by Crippen LogP contribution is 2.34. The third-order valence-electron chi connectivity index (χ3n) is 2.67. The van der Waals surface area contributed by atoms with Gasteiger partial charge in [0.05, 0.1) is 10.9 Å². The largest absolute Gasteiger partial charge is 0.437 e. The fraction of sp³-hybridized carbons (Fsp3) is 0.214. The summed E-state index contributed by atoms with van der Waals surface area (Å²) in [6.45, 7) is 3.90. The molecule has 1 heterocycles. The van der Waals surface area contributed by atoms with Crippen LogP contribution in [0.2, 0.25) is 5.02 Å². The molecule has 0 saturated heterocycles. The maximum atomic E-state index is 6.11. The van der Waals surface area contributed by atoms with Crippen LogP contribution in [-0.2, 0) is 5.88 Å². The quantitative estimate of drug-likeness (QED) is 0.660. The molecule has 2 aromatic rings. The van der Waals surface area contributed by atoms with Gasteiger partial charge in [-0.2, -0.15) is 0 Å². The van der Waals surface area contributed by atoms with E-state index in [0.29, 0.717) is 22.5 Å². The smallest absolute Gasteiger partial charge is 0.224 e. The number of alkyl halides is 1. The summed E-state index contributed by atoms with van der Waals surface area (Å²) in [5.41, 5.74) is 2.82. The van der Waals surface area contributed by atoms with E-state index in [1.807, 2.05) is 26.0 Å². The van der Waals surface area contributed by atoms with Crippen LogP contribution in [0.3, 0.4) is 0 Å². The molecule has 2 nitrogen and oxygen atoms in total. The zero-order valence-electron chi connectivity index (χ0n) is 10.5. The molecule has 1 aromatic carbocycles. The molecule has 5 heteroatoms. The Kier molecular flexibility index (Phi) is 4.71. The van der Waals surface area contributed by atoms with Crippen LogP contribution in [0.25, 0.3) is 0 Å². The van der Waals surface area contributed by atoms with Gasteiger partial charge in [-0.1, -0.05) is 27.5 Å². The second-order valence-corrected chi connectivity index (χ2v) is 5.76. The number of halogens is 3. The van der Waals surface area contributed by atoms with Gasteiger partial charge in [-0.15, -0.1) is 11.6 Å². The highest BCUT2D eigenvalue weighted by Gasteiger charge is 2.12. The van der Waals surface area contributed by atoms with Crippen LogP contribution >= 0.6 is 39.1 Å². The molecule has 2 rings (SSSR count). The Bertz CT molecular complexity index is 617. The van der Waals surface area contributed by atoms with E-state index in [-0.39, 0.29) is 0 Å². The van der Waals surface area contributed by atoms with E-state index in [1.54, 1.807) is 12.1 Å². The Morgan fingerprint density at radius 3 is 2.68 bits per heavy atom. The zero-order valence-corrected chi connectivity index (χ0v) is 13.6. The maximum absolute atomic E-state index is 6.11. The van der Waals surface area contributed by atoms with Crippen molar-refractivity contribution in [1.82, 2.24) is 4.98 Å². The fourth-order valence-corrected chi connectivity index (χ4v) is 2.56. The highest BCUT2D eigenvalue weighted by molar-refractivity contribution is 9.10. The van der Waals surface area contributed by atoms with E-state index in [0.717, 1.165) is 21.3 Å². The van der Waals surface area contributed by atoms with Gasteiger partial charge in [0.1, 0.15) is 5.75 Å². The summed E-state index contributed by atoms with van der Waals surface area (Å²) in [7, 11) is 0. The minimum Gasteiger partial charge on any atom is -0.437 e. The molecule has 0 unspecified atom stereocenters. The van der Waals surface area contributed by atoms with Crippen molar-refractivity contribution < 1.29 is 4.74 Å². The van der Waals surface area contributed by atoms with Crippen molar-refractivity contribution in [3.05, 3.63) is 50.6 Å². The van der Waals surface area contributed by atoms with Gasteiger partial charge in [0, 0.05) is 15.7 Å². The predicted molar refractivity (Wildman–Crippen MR) is 82.5 cm³/mol. The number of aryl methyl sites for hydroxylation is 2. The number of benzene rings is 1. The highest BCUT2D eigenvalue weighted by atomic mass is 79.9. The Labute approximate surface area is 130 Å². The molecule has 0 N–H and O–H groups in total. The van der Waals surface area contributed by atoms with E-state index in [1.165, 1.54) is 0 Å². The van der Waals surface area contributed by atoms with Crippen LogP contribution in [0.5, 0.6) is 11.6 Å². The second kappa shape index (κ2) is 6.12. The van der Waals surface area contributed by atoms with Crippen LogP contribution in [-0.4, -0.2) is 4.98 Å². The average molecular weight is 361 g/mol. The molecular weight excluding hydrogens is 349 g/mol. The SMILES string of the molecule is Cc1cc(C)c(CCl)c(Oc2cc(Br)ccc2Cl)n1. The monoisotopic (exact) mass is 359 g/mol. The van der Waals surface area contributed by atoms with Gasteiger partial charge in [0.2, 0.25) is 5.88 Å². The summed E-state index contributed by atoms with van der Waals surface area (Å²) >= 11 is 15.5. The van der Waals surface area contributed by atoms with Gasteiger partial charge in [-0.3, -0.25) is 0 Å². The molecule has 0 amide bonds. The zero-order chi connectivity index (χ0) is 14.0. The molecule has 0 aliphatic rings. The second-order valence-electron chi connectivity index (χ2n) is 4.17. The van der Waals surface area contributed by atoms with E-state index < -0.39 is 0 Å². The molecule has 0 radical (unpaired) electrons. The topological polar surface area (TPSA) is 22.1 Å². The van der Waals surface area contributed by atoms with Gasteiger partial charge in [0.15, 0.2) is 0 Å². The molecule has 19 heavy (non-hydrogen) atoms. The average Bonchev–Trinajstić information content (AvgIpc) is 2.33. The first-order valence-corrected chi connectivity index (χ1v) is 7.38. The molecule has 0 spiro atoms. The van der Waals surface area contributed by atoms with Gasteiger partial charge in [-0.05, 0) is 43.7 Å². The predicted octanol–water partition coefficient (Wildman–Crippen LogP) is 5.65. The minimum absolute atomic E-state index is 0.347. The molecule has 0 aliphatic heterocycles. The van der Waals surface area contributed by atoms with Crippen molar-refractivity contribution in [2.24, 2.45) is 0 Å². The van der Waals surface area contributed by atoms with Gasteiger partial charge >= 0.3 is 0 Å². The standard InChI is InChI=1S/C14H12BrCl2NO/c1-8-5-9(2)18-14(11(8)7-16)19-13-6-10(15)3-4-12(13)17/h3-6H,7H2,1-2H3. The van der Waals surface area contributed by atoms with E-state index >= 15 is 0 Å². The van der Waals surface area contributed by atoms with Crippen molar-refractivity contribution in [3.63, 3.8) is 0 Å². The molecule has 0 bridgehead atoms. The van der Waals surface area contributed by atoms with E-state index in [2.05, 4.69) is 20.9 Å². The first-order valence-electron chi connectivity index (χ1n) is 5.67. The van der Waals surface area contributed by atoms with Crippen LogP contribution in [0.1, 0.15) is 16.8 Å². The number of nitrogens with zero attached hydrogens (tertiary/aromatic N) is 1. The lowest BCUT2D eigenvalue weighted by molar-refractivity contribution is 0.456. The summed E-state index contributed by atoms with van der Waals surface area (Å²) in [5, 5.41) is 0.532. The number of hydrogen-bond acceptors (Lipinski definition) is 2. The summed E-state index contributed by atoms with van der Waals surface area (Å²) in [5.74, 6) is 1.41. The lowest BCUT2D eigenvalue weighted by atomic mass is 10.1. The number of pyridine rings is 1. The molecule has 0 aliphatic carbocycles. The Morgan fingerprint density at radius 2 is 2.00 bits per heavy atom. The summed E-state index contributed by atoms with van der Waals surface area (Å²) in [4.78, 5) is 4.39. The Morgan fingerprint density at radius 1 is 1.26 bits per heavy atom. The summed E-state index contributed by atoms with van der Waals surface area (Å²) in [6, 6.07) is 7.41. The lowest BCUT2D eigenvalue weighted by Gasteiger charge is -2.13. The Hall–Kier alpha value is -0.770. The minimum atomic E-state index is 0.347. The summed E-state index contributed by atoms with van der Waals surface area (Å²) in [6.07, 6.45) is 0. The van der Waals surface area contributed by atoms with Crippen molar-refractivity contribution in [2.75, 3.05) is 0 Å². The van der Waals surface area contributed by atoms with Crippen LogP contribution < -0.4 is 4.74 Å². The van der Waals surface area contributed by atoms with Crippen LogP contribution in [0, 0.1) is 13.8 Å². The molecule has 100 valence electrons. The lowest BCUT2D eigenvalue weighted by Crippen LogP contribution is -1.98. The molecule has 0 saturated carbocycles. The van der Waals surface area contributed by atoms with Crippen molar-refractivity contribution in [3.8, 4) is 11.6 Å². The molecule has 0 fully saturated rings. The van der Waals surface area contributed by atoms with Gasteiger partial charge in [0.25, 0.3) is 0 Å². The number of rotatable bonds is 3. The van der Waals surface area contributed by atoms with Gasteiger partial charge in [-0.25, -0.2) is 4.98 Å². The molecular formula is C14H12BrCl2NO. The van der Waals surface area contributed by atoms with E-state index in [9.17, 15) is 0 Å². The number of hydrogen-bond donors (Lipinski definition) is 0. The first kappa shape index (κ1) is 14.6. The maximum Gasteiger partial charge on any atom is 0.224 e. The first-order chi connectivity index (χ1) is 9.01. The number of ether oxygens (including phenoxy) is 1. The molecule has 0 atom stereocenters. The fourth-order valence-electron chi connectivity index (χ4n) is 1.74. The Balaban J connectivity index is 2.45. The molecule has 1 aromatic heterocycles.